The van der Waals surface area contributed by atoms with Crippen LogP contribution in [0.4, 0.5) is 0 Å². The Hall–Kier alpha value is -1.61. The number of benzene rings is 1. The van der Waals surface area contributed by atoms with Crippen LogP contribution in [0, 0.1) is 0 Å². The summed E-state index contributed by atoms with van der Waals surface area (Å²) < 4.78 is 4.78. The van der Waals surface area contributed by atoms with Gasteiger partial charge in [0, 0.05) is 12.5 Å². The number of aliphatic hydroxyl groups is 1. The van der Waals surface area contributed by atoms with Gasteiger partial charge in [-0.3, -0.25) is 0 Å². The second kappa shape index (κ2) is 3.87. The van der Waals surface area contributed by atoms with Crippen LogP contribution in [0.15, 0.2) is 42.5 Å². The fourth-order valence-corrected chi connectivity index (χ4v) is 1.54. The van der Waals surface area contributed by atoms with E-state index in [0.717, 1.165) is 5.56 Å². The van der Waals surface area contributed by atoms with Gasteiger partial charge in [-0.05, 0) is 18.1 Å². The molecule has 0 amide bonds. The zero-order chi connectivity index (χ0) is 10.7. The van der Waals surface area contributed by atoms with Gasteiger partial charge in [-0.1, -0.05) is 30.3 Å². The summed E-state index contributed by atoms with van der Waals surface area (Å²) >= 11 is 0. The summed E-state index contributed by atoms with van der Waals surface area (Å²) in [5.41, 5.74) is 1.11. The van der Waals surface area contributed by atoms with Crippen LogP contribution in [0.25, 0.3) is 0 Å². The van der Waals surface area contributed by atoms with Crippen molar-refractivity contribution in [3.8, 4) is 0 Å². The van der Waals surface area contributed by atoms with Gasteiger partial charge in [0.1, 0.15) is 0 Å². The van der Waals surface area contributed by atoms with Crippen LogP contribution < -0.4 is 0 Å². The maximum atomic E-state index is 10.8. The number of aryl methyl sites for hydroxylation is 1. The van der Waals surface area contributed by atoms with Crippen molar-refractivity contribution in [2.24, 2.45) is 0 Å². The molecule has 3 heteroatoms. The van der Waals surface area contributed by atoms with Crippen molar-refractivity contribution in [1.29, 1.82) is 0 Å². The van der Waals surface area contributed by atoms with E-state index in [0.29, 0.717) is 12.8 Å². The van der Waals surface area contributed by atoms with Gasteiger partial charge < -0.3 is 9.84 Å². The Balaban J connectivity index is 1.94. The fraction of sp³-hybridized carbons (Fsp3) is 0.250. The summed E-state index contributed by atoms with van der Waals surface area (Å²) in [4.78, 5) is 10.8. The molecule has 1 aliphatic heterocycles. The number of rotatable bonds is 3. The zero-order valence-electron chi connectivity index (χ0n) is 8.22. The summed E-state index contributed by atoms with van der Waals surface area (Å²) in [7, 11) is 0. The molecule has 0 bridgehead atoms. The minimum Gasteiger partial charge on any atom is -0.426 e. The Labute approximate surface area is 88.0 Å². The molecule has 0 radical (unpaired) electrons. The standard InChI is InChI=1S/C12H12O3/c13-11-7-9-12(14,15-11)8-6-10-4-2-1-3-5-10/h1-5,7,9,14H,6,8H2. The fourth-order valence-electron chi connectivity index (χ4n) is 1.54. The van der Waals surface area contributed by atoms with E-state index in [9.17, 15) is 9.90 Å². The zero-order valence-corrected chi connectivity index (χ0v) is 8.22. The maximum absolute atomic E-state index is 10.8. The molecule has 1 N–H and O–H groups in total. The van der Waals surface area contributed by atoms with Gasteiger partial charge in [-0.2, -0.15) is 0 Å². The van der Waals surface area contributed by atoms with Crippen LogP contribution >= 0.6 is 0 Å². The molecule has 2 rings (SSSR count). The summed E-state index contributed by atoms with van der Waals surface area (Å²) in [6.45, 7) is 0. The third-order valence-electron chi connectivity index (χ3n) is 2.37. The molecule has 0 spiro atoms. The highest BCUT2D eigenvalue weighted by molar-refractivity contribution is 5.84. The molecule has 1 atom stereocenters. The molecule has 0 saturated carbocycles. The van der Waals surface area contributed by atoms with E-state index in [1.54, 1.807) is 0 Å². The first-order valence-corrected chi connectivity index (χ1v) is 4.86. The molecule has 0 aromatic heterocycles. The van der Waals surface area contributed by atoms with E-state index in [-0.39, 0.29) is 0 Å². The molecule has 3 nitrogen and oxygen atoms in total. The SMILES string of the molecule is O=C1C=CC(O)(CCc2ccccc2)O1. The van der Waals surface area contributed by atoms with Gasteiger partial charge in [0.2, 0.25) is 5.79 Å². The predicted molar refractivity (Wildman–Crippen MR) is 54.9 cm³/mol. The molecule has 1 heterocycles. The number of cyclic esters (lactones) is 1. The maximum Gasteiger partial charge on any atom is 0.333 e. The quantitative estimate of drug-likeness (QED) is 0.757. The van der Waals surface area contributed by atoms with E-state index in [1.165, 1.54) is 12.2 Å². The van der Waals surface area contributed by atoms with Crippen LogP contribution in [-0.4, -0.2) is 16.9 Å². The van der Waals surface area contributed by atoms with Crippen molar-refractivity contribution >= 4 is 5.97 Å². The third kappa shape index (κ3) is 2.44. The number of carbonyl (C=O) groups excluding carboxylic acids is 1. The van der Waals surface area contributed by atoms with Crippen molar-refractivity contribution in [3.05, 3.63) is 48.0 Å². The van der Waals surface area contributed by atoms with E-state index in [4.69, 9.17) is 4.74 Å². The Morgan fingerprint density at radius 3 is 2.60 bits per heavy atom. The molecule has 1 unspecified atom stereocenters. The molecule has 1 aliphatic rings. The Bertz CT molecular complexity index is 383. The van der Waals surface area contributed by atoms with Gasteiger partial charge in [0.25, 0.3) is 0 Å². The van der Waals surface area contributed by atoms with Gasteiger partial charge in [0.05, 0.1) is 0 Å². The first kappa shape index (κ1) is 9.93. The normalized spacial score (nSPS) is 24.2. The summed E-state index contributed by atoms with van der Waals surface area (Å²) in [5, 5.41) is 9.79. The lowest BCUT2D eigenvalue weighted by molar-refractivity contribution is -0.179. The molecule has 1 aromatic rings. The minimum absolute atomic E-state index is 0.388. The van der Waals surface area contributed by atoms with Crippen LogP contribution in [0.1, 0.15) is 12.0 Å². The number of hydrogen-bond acceptors (Lipinski definition) is 3. The monoisotopic (exact) mass is 204 g/mol. The van der Waals surface area contributed by atoms with Gasteiger partial charge in [0.15, 0.2) is 0 Å². The van der Waals surface area contributed by atoms with Crippen LogP contribution in [0.2, 0.25) is 0 Å². The molecular weight excluding hydrogens is 192 g/mol. The molecule has 0 fully saturated rings. The smallest absolute Gasteiger partial charge is 0.333 e. The Kier molecular flexibility index (Phi) is 2.56. The summed E-state index contributed by atoms with van der Waals surface area (Å²) in [6.07, 6.45) is 3.72. The second-order valence-electron chi connectivity index (χ2n) is 3.58. The highest BCUT2D eigenvalue weighted by atomic mass is 16.7. The summed E-state index contributed by atoms with van der Waals surface area (Å²) in [6, 6.07) is 9.77. The lowest BCUT2D eigenvalue weighted by Gasteiger charge is -2.19. The molecule has 0 aliphatic carbocycles. The van der Waals surface area contributed by atoms with Crippen molar-refractivity contribution in [3.63, 3.8) is 0 Å². The number of carbonyl (C=O) groups is 1. The lowest BCUT2D eigenvalue weighted by atomic mass is 10.0. The van der Waals surface area contributed by atoms with Crippen LogP contribution in [0.3, 0.4) is 0 Å². The van der Waals surface area contributed by atoms with Crippen LogP contribution in [-0.2, 0) is 16.0 Å². The Morgan fingerprint density at radius 1 is 1.27 bits per heavy atom. The molecule has 0 saturated heterocycles. The summed E-state index contributed by atoms with van der Waals surface area (Å²) in [5.74, 6) is -1.89. The van der Waals surface area contributed by atoms with Crippen molar-refractivity contribution in [2.75, 3.05) is 0 Å². The number of hydrogen-bond donors (Lipinski definition) is 1. The largest absolute Gasteiger partial charge is 0.426 e. The highest BCUT2D eigenvalue weighted by Crippen LogP contribution is 2.22. The van der Waals surface area contributed by atoms with Crippen molar-refractivity contribution in [2.45, 2.75) is 18.6 Å². The molecule has 78 valence electrons. The third-order valence-corrected chi connectivity index (χ3v) is 2.37. The minimum atomic E-state index is -1.41. The second-order valence-corrected chi connectivity index (χ2v) is 3.58. The van der Waals surface area contributed by atoms with Crippen molar-refractivity contribution < 1.29 is 14.6 Å². The Morgan fingerprint density at radius 2 is 2.00 bits per heavy atom. The first-order valence-electron chi connectivity index (χ1n) is 4.86. The van der Waals surface area contributed by atoms with E-state index >= 15 is 0 Å². The predicted octanol–water partition coefficient (Wildman–Crippen LogP) is 1.42. The highest BCUT2D eigenvalue weighted by Gasteiger charge is 2.32. The van der Waals surface area contributed by atoms with E-state index in [1.807, 2.05) is 30.3 Å². The van der Waals surface area contributed by atoms with Gasteiger partial charge in [-0.15, -0.1) is 0 Å². The van der Waals surface area contributed by atoms with Crippen molar-refractivity contribution in [1.82, 2.24) is 0 Å². The average molecular weight is 204 g/mol. The number of esters is 1. The van der Waals surface area contributed by atoms with E-state index < -0.39 is 11.8 Å². The first-order chi connectivity index (χ1) is 7.18. The molecule has 15 heavy (non-hydrogen) atoms. The van der Waals surface area contributed by atoms with Gasteiger partial charge in [-0.25, -0.2) is 4.79 Å². The lowest BCUT2D eigenvalue weighted by Crippen LogP contribution is -2.28. The number of ether oxygens (including phenoxy) is 1. The topological polar surface area (TPSA) is 46.5 Å². The van der Waals surface area contributed by atoms with Gasteiger partial charge >= 0.3 is 5.97 Å². The average Bonchev–Trinajstić information content (AvgIpc) is 2.58. The van der Waals surface area contributed by atoms with E-state index in [2.05, 4.69) is 0 Å². The van der Waals surface area contributed by atoms with Crippen LogP contribution in [0.5, 0.6) is 0 Å². The molecule has 1 aromatic carbocycles. The molecular formula is C12H12O3.